The van der Waals surface area contributed by atoms with Gasteiger partial charge in [-0.1, -0.05) is 40.5 Å². The van der Waals surface area contributed by atoms with E-state index in [9.17, 15) is 9.59 Å². The van der Waals surface area contributed by atoms with Gasteiger partial charge in [-0.3, -0.25) is 9.59 Å². The summed E-state index contributed by atoms with van der Waals surface area (Å²) in [5.74, 6) is -0.392. The second-order valence-corrected chi connectivity index (χ2v) is 13.1. The fraction of sp³-hybridized carbons (Fsp3) is 0.889. The fourth-order valence-electron chi connectivity index (χ4n) is 3.04. The number of methoxy groups -OCH3 is 1. The topological polar surface area (TPSA) is 52.6 Å². The summed E-state index contributed by atoms with van der Waals surface area (Å²) in [5.41, 5.74) is 0. The maximum Gasteiger partial charge on any atom is 0.309 e. The predicted molar refractivity (Wildman–Crippen MR) is 94.8 cm³/mol. The molecule has 4 nitrogen and oxygen atoms in total. The highest BCUT2D eigenvalue weighted by molar-refractivity contribution is 6.74. The van der Waals surface area contributed by atoms with Crippen LogP contribution in [0.2, 0.25) is 18.1 Å². The van der Waals surface area contributed by atoms with Gasteiger partial charge < -0.3 is 9.16 Å². The number of hydrogen-bond donors (Lipinski definition) is 0. The van der Waals surface area contributed by atoms with Gasteiger partial charge >= 0.3 is 5.97 Å². The average Bonchev–Trinajstić information content (AvgIpc) is 2.43. The molecule has 1 aliphatic rings. The van der Waals surface area contributed by atoms with Gasteiger partial charge in [0.05, 0.1) is 19.1 Å². The summed E-state index contributed by atoms with van der Waals surface area (Å²) in [6.07, 6.45) is 3.64. The first-order chi connectivity index (χ1) is 10.5. The third-order valence-corrected chi connectivity index (χ3v) is 10.0. The number of rotatable bonds is 6. The van der Waals surface area contributed by atoms with Crippen molar-refractivity contribution in [2.75, 3.05) is 7.11 Å². The van der Waals surface area contributed by atoms with Crippen LogP contribution in [0, 0.1) is 11.8 Å². The van der Waals surface area contributed by atoms with Gasteiger partial charge in [0.2, 0.25) is 0 Å². The molecule has 0 radical (unpaired) electrons. The van der Waals surface area contributed by atoms with Crippen LogP contribution in [0.5, 0.6) is 0 Å². The second kappa shape index (κ2) is 7.93. The van der Waals surface area contributed by atoms with Gasteiger partial charge in [-0.15, -0.1) is 0 Å². The summed E-state index contributed by atoms with van der Waals surface area (Å²) in [5, 5.41) is 0.0869. The summed E-state index contributed by atoms with van der Waals surface area (Å²) in [6, 6.07) is 0. The van der Waals surface area contributed by atoms with Crippen molar-refractivity contribution in [3.05, 3.63) is 0 Å². The minimum atomic E-state index is -1.98. The molecule has 0 aromatic heterocycles. The molecule has 0 bridgehead atoms. The zero-order valence-electron chi connectivity index (χ0n) is 15.9. The summed E-state index contributed by atoms with van der Waals surface area (Å²) >= 11 is 0. The van der Waals surface area contributed by atoms with E-state index in [0.29, 0.717) is 12.8 Å². The Morgan fingerprint density at radius 3 is 2.35 bits per heavy atom. The van der Waals surface area contributed by atoms with Gasteiger partial charge in [0.15, 0.2) is 8.32 Å². The van der Waals surface area contributed by atoms with Crippen LogP contribution in [0.1, 0.15) is 59.8 Å². The van der Waals surface area contributed by atoms with Gasteiger partial charge in [0.1, 0.15) is 5.78 Å². The van der Waals surface area contributed by atoms with E-state index >= 15 is 0 Å². The molecule has 3 atom stereocenters. The summed E-state index contributed by atoms with van der Waals surface area (Å²) in [7, 11) is -0.577. The molecule has 1 aliphatic carbocycles. The largest absolute Gasteiger partial charge is 0.469 e. The maximum atomic E-state index is 12.2. The molecule has 0 aliphatic heterocycles. The van der Waals surface area contributed by atoms with E-state index in [0.717, 1.165) is 19.3 Å². The number of carbonyl (C=O) groups excluding carboxylic acids is 2. The van der Waals surface area contributed by atoms with E-state index in [1.165, 1.54) is 7.11 Å². The molecule has 0 heterocycles. The fourth-order valence-corrected chi connectivity index (χ4v) is 4.40. The molecule has 1 fully saturated rings. The second-order valence-electron chi connectivity index (χ2n) is 8.30. The first-order valence-corrected chi connectivity index (χ1v) is 11.7. The zero-order chi connectivity index (χ0) is 17.8. The molecular weight excluding hydrogens is 308 g/mol. The number of unbranched alkanes of at least 4 members (excludes halogenated alkanes) is 1. The highest BCUT2D eigenvalue weighted by Gasteiger charge is 2.46. The first-order valence-electron chi connectivity index (χ1n) is 8.80. The van der Waals surface area contributed by atoms with E-state index < -0.39 is 8.32 Å². The lowest BCUT2D eigenvalue weighted by Crippen LogP contribution is -2.50. The third kappa shape index (κ3) is 5.15. The zero-order valence-corrected chi connectivity index (χ0v) is 16.9. The van der Waals surface area contributed by atoms with Crippen LogP contribution in [0.15, 0.2) is 0 Å². The van der Waals surface area contributed by atoms with Gasteiger partial charge in [0, 0.05) is 12.8 Å². The van der Waals surface area contributed by atoms with Crippen molar-refractivity contribution in [1.82, 2.24) is 0 Å². The molecule has 0 amide bonds. The van der Waals surface area contributed by atoms with Crippen LogP contribution in [-0.4, -0.2) is 33.3 Å². The van der Waals surface area contributed by atoms with Gasteiger partial charge in [-0.05, 0) is 30.5 Å². The smallest absolute Gasteiger partial charge is 0.309 e. The monoisotopic (exact) mass is 342 g/mol. The van der Waals surface area contributed by atoms with Crippen molar-refractivity contribution in [2.45, 2.75) is 84.0 Å². The Kier molecular flexibility index (Phi) is 7.02. The van der Waals surface area contributed by atoms with Crippen LogP contribution in [0.25, 0.3) is 0 Å². The molecule has 134 valence electrons. The number of carbonyl (C=O) groups is 2. The molecule has 0 N–H and O–H groups in total. The van der Waals surface area contributed by atoms with Crippen molar-refractivity contribution in [3.63, 3.8) is 0 Å². The standard InChI is InChI=1S/C18H34O4Si/c1-8-9-10-14-15(17(20)21-5)11-13(19)12-16(14)22-23(6,7)18(2,3)4/h14-16H,8-12H2,1-7H3/t14-,15+,16+/m0/s1. The minimum Gasteiger partial charge on any atom is -0.469 e. The van der Waals surface area contributed by atoms with E-state index in [4.69, 9.17) is 9.16 Å². The summed E-state index contributed by atoms with van der Waals surface area (Å²) < 4.78 is 11.5. The molecule has 0 aromatic carbocycles. The lowest BCUT2D eigenvalue weighted by atomic mass is 9.74. The molecule has 0 unspecified atom stereocenters. The third-order valence-electron chi connectivity index (χ3n) is 5.52. The average molecular weight is 343 g/mol. The molecule has 0 spiro atoms. The highest BCUT2D eigenvalue weighted by atomic mass is 28.4. The van der Waals surface area contributed by atoms with E-state index in [-0.39, 0.29) is 34.7 Å². The molecule has 0 saturated heterocycles. The lowest BCUT2D eigenvalue weighted by Gasteiger charge is -2.44. The summed E-state index contributed by atoms with van der Waals surface area (Å²) in [6.45, 7) is 13.1. The van der Waals surface area contributed by atoms with Gasteiger partial charge in [-0.2, -0.15) is 0 Å². The van der Waals surface area contributed by atoms with E-state index in [2.05, 4.69) is 40.8 Å². The Hall–Kier alpha value is -0.683. The molecule has 1 saturated carbocycles. The lowest BCUT2D eigenvalue weighted by molar-refractivity contribution is -0.154. The van der Waals surface area contributed by atoms with E-state index in [1.807, 2.05) is 0 Å². The molecule has 0 aromatic rings. The normalized spacial score (nSPS) is 26.2. The summed E-state index contributed by atoms with van der Waals surface area (Å²) in [4.78, 5) is 24.4. The van der Waals surface area contributed by atoms with Crippen LogP contribution in [0.4, 0.5) is 0 Å². The van der Waals surface area contributed by atoms with Crippen LogP contribution in [0.3, 0.4) is 0 Å². The van der Waals surface area contributed by atoms with E-state index in [1.54, 1.807) is 0 Å². The number of ether oxygens (including phenoxy) is 1. The maximum absolute atomic E-state index is 12.2. The molecule has 1 rings (SSSR count). The van der Waals surface area contributed by atoms with Crippen molar-refractivity contribution in [1.29, 1.82) is 0 Å². The Bertz CT molecular complexity index is 425. The Balaban J connectivity index is 3.03. The Morgan fingerprint density at radius 1 is 1.26 bits per heavy atom. The van der Waals surface area contributed by atoms with Crippen molar-refractivity contribution < 1.29 is 18.8 Å². The SMILES string of the molecule is CCCC[C@@H]1[C@H](O[Si](C)(C)C(C)(C)C)CC(=O)C[C@H]1C(=O)OC. The van der Waals surface area contributed by atoms with Crippen molar-refractivity contribution >= 4 is 20.1 Å². The van der Waals surface area contributed by atoms with Crippen molar-refractivity contribution in [2.24, 2.45) is 11.8 Å². The minimum absolute atomic E-state index is 0.0869. The van der Waals surface area contributed by atoms with Crippen molar-refractivity contribution in [3.8, 4) is 0 Å². The Labute approximate surface area is 142 Å². The quantitative estimate of drug-likeness (QED) is 0.532. The van der Waals surface area contributed by atoms with Gasteiger partial charge in [-0.25, -0.2) is 0 Å². The molecular formula is C18H34O4Si. The molecule has 23 heavy (non-hydrogen) atoms. The van der Waals surface area contributed by atoms with Gasteiger partial charge in [0.25, 0.3) is 0 Å². The number of hydrogen-bond acceptors (Lipinski definition) is 4. The Morgan fingerprint density at radius 2 is 1.87 bits per heavy atom. The first kappa shape index (κ1) is 20.4. The van der Waals surface area contributed by atoms with Crippen LogP contribution in [-0.2, 0) is 18.8 Å². The van der Waals surface area contributed by atoms with Crippen LogP contribution < -0.4 is 0 Å². The number of esters is 1. The van der Waals surface area contributed by atoms with Crippen LogP contribution >= 0.6 is 0 Å². The molecule has 5 heteroatoms. The predicted octanol–water partition coefficient (Wildman–Crippen LogP) is 4.34. The highest BCUT2D eigenvalue weighted by Crippen LogP contribution is 2.42. The number of Topliss-reactive ketones (excluding diaryl/α,β-unsaturated/α-hetero) is 1. The number of ketones is 1.